The first-order valence-corrected chi connectivity index (χ1v) is 7.59. The molecule has 1 fully saturated rings. The van der Waals surface area contributed by atoms with E-state index in [-0.39, 0.29) is 25.7 Å². The van der Waals surface area contributed by atoms with E-state index in [1.807, 2.05) is 6.92 Å². The standard InChI is InChI=1S/C14H25F3N2O2/c1-2-3-9-19(11-14(15,16)17)13(20)6-10-21-12-4-7-18-8-5-12/h12,18H,2-11H2,1H3. The summed E-state index contributed by atoms with van der Waals surface area (Å²) in [7, 11) is 0. The number of rotatable bonds is 8. The van der Waals surface area contributed by atoms with Crippen molar-refractivity contribution in [1.82, 2.24) is 10.2 Å². The van der Waals surface area contributed by atoms with Gasteiger partial charge in [0.05, 0.1) is 19.1 Å². The Kier molecular flexibility index (Phi) is 8.03. The van der Waals surface area contributed by atoms with Gasteiger partial charge in [0.1, 0.15) is 6.54 Å². The van der Waals surface area contributed by atoms with Gasteiger partial charge in [-0.25, -0.2) is 0 Å². The van der Waals surface area contributed by atoms with Crippen LogP contribution in [0.1, 0.15) is 39.0 Å². The van der Waals surface area contributed by atoms with Crippen LogP contribution in [-0.4, -0.2) is 55.9 Å². The number of hydrogen-bond donors (Lipinski definition) is 1. The summed E-state index contributed by atoms with van der Waals surface area (Å²) in [6.45, 7) is 2.84. The summed E-state index contributed by atoms with van der Waals surface area (Å²) >= 11 is 0. The molecule has 0 bridgehead atoms. The van der Waals surface area contributed by atoms with Gasteiger partial charge in [-0.1, -0.05) is 13.3 Å². The molecule has 1 aliphatic heterocycles. The fourth-order valence-corrected chi connectivity index (χ4v) is 2.29. The second-order valence-electron chi connectivity index (χ2n) is 5.35. The monoisotopic (exact) mass is 310 g/mol. The third kappa shape index (κ3) is 8.26. The Labute approximate surface area is 124 Å². The maximum atomic E-state index is 12.5. The number of carbonyl (C=O) groups excluding carboxylic acids is 1. The van der Waals surface area contributed by atoms with Gasteiger partial charge in [0.25, 0.3) is 0 Å². The lowest BCUT2D eigenvalue weighted by Gasteiger charge is -2.25. The van der Waals surface area contributed by atoms with Crippen LogP contribution in [0.3, 0.4) is 0 Å². The van der Waals surface area contributed by atoms with E-state index < -0.39 is 18.6 Å². The number of piperidine rings is 1. The van der Waals surface area contributed by atoms with E-state index in [0.29, 0.717) is 6.42 Å². The Morgan fingerprint density at radius 1 is 1.33 bits per heavy atom. The molecule has 1 rings (SSSR count). The highest BCUT2D eigenvalue weighted by atomic mass is 19.4. The number of hydrogen-bond acceptors (Lipinski definition) is 3. The molecule has 0 saturated carbocycles. The van der Waals surface area contributed by atoms with Crippen molar-refractivity contribution in [3.63, 3.8) is 0 Å². The Morgan fingerprint density at radius 2 is 2.00 bits per heavy atom. The van der Waals surface area contributed by atoms with Crippen LogP contribution in [0.25, 0.3) is 0 Å². The predicted molar refractivity (Wildman–Crippen MR) is 74.0 cm³/mol. The quantitative estimate of drug-likeness (QED) is 0.748. The van der Waals surface area contributed by atoms with E-state index >= 15 is 0 Å². The van der Waals surface area contributed by atoms with E-state index in [2.05, 4.69) is 5.32 Å². The minimum Gasteiger partial charge on any atom is -0.378 e. The molecule has 0 aliphatic carbocycles. The number of carbonyl (C=O) groups is 1. The van der Waals surface area contributed by atoms with Gasteiger partial charge in [-0.3, -0.25) is 4.79 Å². The number of amides is 1. The zero-order valence-electron chi connectivity index (χ0n) is 12.5. The molecule has 1 heterocycles. The Hall–Kier alpha value is -0.820. The van der Waals surface area contributed by atoms with Gasteiger partial charge in [0.2, 0.25) is 5.91 Å². The van der Waals surface area contributed by atoms with E-state index in [0.717, 1.165) is 37.3 Å². The van der Waals surface area contributed by atoms with E-state index in [9.17, 15) is 18.0 Å². The van der Waals surface area contributed by atoms with E-state index in [1.54, 1.807) is 0 Å². The summed E-state index contributed by atoms with van der Waals surface area (Å²) in [6, 6.07) is 0. The lowest BCUT2D eigenvalue weighted by Crippen LogP contribution is -2.40. The maximum Gasteiger partial charge on any atom is 0.406 e. The van der Waals surface area contributed by atoms with E-state index in [1.165, 1.54) is 0 Å². The van der Waals surface area contributed by atoms with Gasteiger partial charge in [-0.05, 0) is 32.4 Å². The smallest absolute Gasteiger partial charge is 0.378 e. The molecule has 4 nitrogen and oxygen atoms in total. The molecule has 0 aromatic rings. The molecule has 0 spiro atoms. The molecule has 1 saturated heterocycles. The van der Waals surface area contributed by atoms with Gasteiger partial charge < -0.3 is 15.0 Å². The van der Waals surface area contributed by atoms with Crippen LogP contribution < -0.4 is 5.32 Å². The van der Waals surface area contributed by atoms with Crippen LogP contribution in [0.2, 0.25) is 0 Å². The molecule has 1 N–H and O–H groups in total. The third-order valence-electron chi connectivity index (χ3n) is 3.46. The van der Waals surface area contributed by atoms with Crippen molar-refractivity contribution in [2.24, 2.45) is 0 Å². The molecule has 0 aromatic heterocycles. The fraction of sp³-hybridized carbons (Fsp3) is 0.929. The highest BCUT2D eigenvalue weighted by Gasteiger charge is 2.32. The minimum atomic E-state index is -4.35. The fourth-order valence-electron chi connectivity index (χ4n) is 2.29. The van der Waals surface area contributed by atoms with Crippen molar-refractivity contribution in [3.05, 3.63) is 0 Å². The zero-order chi connectivity index (χ0) is 15.7. The first kappa shape index (κ1) is 18.2. The van der Waals surface area contributed by atoms with Crippen molar-refractivity contribution in [2.45, 2.75) is 51.3 Å². The first-order valence-electron chi connectivity index (χ1n) is 7.59. The highest BCUT2D eigenvalue weighted by Crippen LogP contribution is 2.17. The Balaban J connectivity index is 2.32. The first-order chi connectivity index (χ1) is 9.92. The molecule has 124 valence electrons. The summed E-state index contributed by atoms with van der Waals surface area (Å²) in [6.07, 6.45) is -1.11. The highest BCUT2D eigenvalue weighted by molar-refractivity contribution is 5.76. The number of nitrogens with zero attached hydrogens (tertiary/aromatic N) is 1. The van der Waals surface area contributed by atoms with Gasteiger partial charge >= 0.3 is 6.18 Å². The summed E-state index contributed by atoms with van der Waals surface area (Å²) < 4.78 is 43.0. The summed E-state index contributed by atoms with van der Waals surface area (Å²) in [5, 5.41) is 3.20. The molecule has 1 amide bonds. The second kappa shape index (κ2) is 9.25. The summed E-state index contributed by atoms with van der Waals surface area (Å²) in [5.41, 5.74) is 0. The molecular formula is C14H25F3N2O2. The van der Waals surface area contributed by atoms with Crippen molar-refractivity contribution >= 4 is 5.91 Å². The average Bonchev–Trinajstić information content (AvgIpc) is 2.43. The number of nitrogens with one attached hydrogen (secondary N) is 1. The molecule has 0 aromatic carbocycles. The summed E-state index contributed by atoms with van der Waals surface area (Å²) in [4.78, 5) is 12.8. The minimum absolute atomic E-state index is 0.0176. The molecular weight excluding hydrogens is 285 g/mol. The van der Waals surface area contributed by atoms with Crippen LogP contribution in [0.4, 0.5) is 13.2 Å². The Bertz CT molecular complexity index is 305. The van der Waals surface area contributed by atoms with Gasteiger partial charge in [0.15, 0.2) is 0 Å². The lowest BCUT2D eigenvalue weighted by molar-refractivity contribution is -0.162. The second-order valence-corrected chi connectivity index (χ2v) is 5.35. The van der Waals surface area contributed by atoms with Crippen LogP contribution in [-0.2, 0) is 9.53 Å². The lowest BCUT2D eigenvalue weighted by atomic mass is 10.1. The largest absolute Gasteiger partial charge is 0.406 e. The number of halogens is 3. The molecule has 1 aliphatic rings. The van der Waals surface area contributed by atoms with E-state index in [4.69, 9.17) is 4.74 Å². The SMILES string of the molecule is CCCCN(CC(F)(F)F)C(=O)CCOC1CCNCC1. The van der Waals surface area contributed by atoms with Crippen molar-refractivity contribution in [1.29, 1.82) is 0 Å². The number of alkyl halides is 3. The van der Waals surface area contributed by atoms with Gasteiger partial charge in [-0.2, -0.15) is 13.2 Å². The maximum absolute atomic E-state index is 12.5. The van der Waals surface area contributed by atoms with Gasteiger partial charge in [-0.15, -0.1) is 0 Å². The van der Waals surface area contributed by atoms with Crippen LogP contribution >= 0.6 is 0 Å². The Morgan fingerprint density at radius 3 is 2.57 bits per heavy atom. The third-order valence-corrected chi connectivity index (χ3v) is 3.46. The van der Waals surface area contributed by atoms with Crippen LogP contribution in [0, 0.1) is 0 Å². The molecule has 0 unspecified atom stereocenters. The topological polar surface area (TPSA) is 41.6 Å². The molecule has 21 heavy (non-hydrogen) atoms. The summed E-state index contributed by atoms with van der Waals surface area (Å²) in [5.74, 6) is -0.477. The average molecular weight is 310 g/mol. The number of ether oxygens (including phenoxy) is 1. The van der Waals surface area contributed by atoms with Gasteiger partial charge in [0, 0.05) is 6.54 Å². The van der Waals surface area contributed by atoms with Crippen molar-refractivity contribution in [3.8, 4) is 0 Å². The molecule has 7 heteroatoms. The molecule has 0 atom stereocenters. The number of unbranched alkanes of at least 4 members (excludes halogenated alkanes) is 1. The molecule has 0 radical (unpaired) electrons. The van der Waals surface area contributed by atoms with Crippen LogP contribution in [0.5, 0.6) is 0 Å². The van der Waals surface area contributed by atoms with Crippen molar-refractivity contribution < 1.29 is 22.7 Å². The normalized spacial score (nSPS) is 17.0. The zero-order valence-corrected chi connectivity index (χ0v) is 12.5. The predicted octanol–water partition coefficient (Wildman–Crippen LogP) is 2.34. The van der Waals surface area contributed by atoms with Crippen LogP contribution in [0.15, 0.2) is 0 Å². The van der Waals surface area contributed by atoms with Crippen molar-refractivity contribution in [2.75, 3.05) is 32.8 Å².